The molecule has 21 heavy (non-hydrogen) atoms. The smallest absolute Gasteiger partial charge is 0.307 e. The molecule has 2 aromatic rings. The summed E-state index contributed by atoms with van der Waals surface area (Å²) < 4.78 is 2.24. The normalized spacial score (nSPS) is 22.5. The molecule has 1 aromatic carbocycles. The number of carbonyl (C=O) groups is 1. The van der Waals surface area contributed by atoms with Crippen LogP contribution in [-0.4, -0.2) is 20.6 Å². The number of aliphatic carboxylic acids is 1. The summed E-state index contributed by atoms with van der Waals surface area (Å²) >= 11 is 0. The van der Waals surface area contributed by atoms with E-state index in [9.17, 15) is 9.90 Å². The lowest BCUT2D eigenvalue weighted by Crippen LogP contribution is -2.27. The average molecular weight is 286 g/mol. The molecule has 112 valence electrons. The molecule has 1 aromatic heterocycles. The third-order valence-corrected chi connectivity index (χ3v) is 4.55. The Labute approximate surface area is 124 Å². The summed E-state index contributed by atoms with van der Waals surface area (Å²) in [5, 5.41) is 9.53. The van der Waals surface area contributed by atoms with E-state index in [1.165, 1.54) is 0 Å². The van der Waals surface area contributed by atoms with Crippen LogP contribution in [0.5, 0.6) is 0 Å². The molecule has 0 bridgehead atoms. The number of hydrogen-bond acceptors (Lipinski definition) is 2. The number of hydrogen-bond donors (Lipinski definition) is 1. The molecule has 0 spiro atoms. The molecule has 1 saturated carbocycles. The van der Waals surface area contributed by atoms with Gasteiger partial charge in [0.2, 0.25) is 0 Å². The van der Waals surface area contributed by atoms with E-state index in [1.54, 1.807) is 0 Å². The Morgan fingerprint density at radius 1 is 1.33 bits per heavy atom. The highest BCUT2D eigenvalue weighted by Gasteiger charge is 2.35. The predicted molar refractivity (Wildman–Crippen MR) is 82.4 cm³/mol. The van der Waals surface area contributed by atoms with Crippen molar-refractivity contribution in [3.05, 3.63) is 30.1 Å². The van der Waals surface area contributed by atoms with E-state index >= 15 is 0 Å². The topological polar surface area (TPSA) is 55.1 Å². The van der Waals surface area contributed by atoms with Gasteiger partial charge in [-0.3, -0.25) is 4.79 Å². The molecule has 2 atom stereocenters. The zero-order valence-electron chi connectivity index (χ0n) is 12.5. The number of para-hydroxylation sites is 2. The molecular weight excluding hydrogens is 264 g/mol. The molecule has 0 amide bonds. The van der Waals surface area contributed by atoms with Crippen LogP contribution in [-0.2, 0) is 11.3 Å². The summed E-state index contributed by atoms with van der Waals surface area (Å²) in [5.41, 5.74) is 2.11. The molecule has 3 rings (SSSR count). The molecule has 4 heteroatoms. The second-order valence-electron chi connectivity index (χ2n) is 5.95. The largest absolute Gasteiger partial charge is 0.481 e. The van der Waals surface area contributed by atoms with Gasteiger partial charge in [0.15, 0.2) is 0 Å². The Morgan fingerprint density at radius 2 is 2.10 bits per heavy atom. The summed E-state index contributed by atoms with van der Waals surface area (Å²) in [6.45, 7) is 3.05. The van der Waals surface area contributed by atoms with E-state index in [4.69, 9.17) is 4.98 Å². The molecule has 1 aliphatic rings. The van der Waals surface area contributed by atoms with Gasteiger partial charge in [0.25, 0.3) is 0 Å². The highest BCUT2D eigenvalue weighted by atomic mass is 16.4. The maximum Gasteiger partial charge on any atom is 0.307 e. The number of aryl methyl sites for hydroxylation is 1. The van der Waals surface area contributed by atoms with Crippen LogP contribution in [0.15, 0.2) is 24.3 Å². The van der Waals surface area contributed by atoms with Crippen LogP contribution in [0.4, 0.5) is 0 Å². The van der Waals surface area contributed by atoms with Crippen molar-refractivity contribution >= 4 is 17.0 Å². The molecular formula is C17H22N2O2. The van der Waals surface area contributed by atoms with E-state index in [0.29, 0.717) is 0 Å². The molecule has 0 radical (unpaired) electrons. The van der Waals surface area contributed by atoms with Crippen molar-refractivity contribution in [1.29, 1.82) is 0 Å². The second kappa shape index (κ2) is 5.88. The molecule has 0 aliphatic heterocycles. The molecule has 1 heterocycles. The Bertz CT molecular complexity index is 647. The first-order valence-corrected chi connectivity index (χ1v) is 7.90. The quantitative estimate of drug-likeness (QED) is 0.930. The third kappa shape index (κ3) is 2.55. The molecule has 4 nitrogen and oxygen atoms in total. The van der Waals surface area contributed by atoms with Crippen molar-refractivity contribution < 1.29 is 9.90 Å². The van der Waals surface area contributed by atoms with Crippen LogP contribution in [0.1, 0.15) is 50.8 Å². The zero-order valence-corrected chi connectivity index (χ0v) is 12.5. The van der Waals surface area contributed by atoms with Gasteiger partial charge in [-0.25, -0.2) is 4.98 Å². The number of nitrogens with zero attached hydrogens (tertiary/aromatic N) is 2. The van der Waals surface area contributed by atoms with Crippen molar-refractivity contribution in [2.24, 2.45) is 5.92 Å². The fraction of sp³-hybridized carbons (Fsp3) is 0.529. The summed E-state index contributed by atoms with van der Waals surface area (Å²) in [7, 11) is 0. The first-order valence-electron chi connectivity index (χ1n) is 7.90. The van der Waals surface area contributed by atoms with Gasteiger partial charge in [0.1, 0.15) is 5.82 Å². The van der Waals surface area contributed by atoms with Gasteiger partial charge in [0.05, 0.1) is 17.0 Å². The molecule has 2 unspecified atom stereocenters. The van der Waals surface area contributed by atoms with Crippen LogP contribution < -0.4 is 0 Å². The van der Waals surface area contributed by atoms with E-state index in [1.807, 2.05) is 18.2 Å². The Hall–Kier alpha value is -1.84. The van der Waals surface area contributed by atoms with Crippen LogP contribution in [0, 0.1) is 5.92 Å². The highest BCUT2D eigenvalue weighted by Crippen LogP contribution is 2.38. The van der Waals surface area contributed by atoms with Crippen LogP contribution in [0.3, 0.4) is 0 Å². The Morgan fingerprint density at radius 3 is 2.86 bits per heavy atom. The lowest BCUT2D eigenvalue weighted by molar-refractivity contribution is -0.143. The van der Waals surface area contributed by atoms with Crippen LogP contribution in [0.2, 0.25) is 0 Å². The number of carboxylic acids is 1. The van der Waals surface area contributed by atoms with Crippen LogP contribution >= 0.6 is 0 Å². The molecule has 1 aliphatic carbocycles. The number of aromatic nitrogens is 2. The summed E-state index contributed by atoms with van der Waals surface area (Å²) in [5.74, 6) is 0.0707. The van der Waals surface area contributed by atoms with Crippen LogP contribution in [0.25, 0.3) is 11.0 Å². The van der Waals surface area contributed by atoms with E-state index in [2.05, 4.69) is 17.6 Å². The van der Waals surface area contributed by atoms with Crippen molar-refractivity contribution in [2.75, 3.05) is 0 Å². The number of carboxylic acid groups (broad SMARTS) is 1. The average Bonchev–Trinajstić information content (AvgIpc) is 2.86. The number of imidazole rings is 1. The Kier molecular flexibility index (Phi) is 3.95. The minimum Gasteiger partial charge on any atom is -0.481 e. The van der Waals surface area contributed by atoms with Gasteiger partial charge >= 0.3 is 5.97 Å². The van der Waals surface area contributed by atoms with E-state index in [-0.39, 0.29) is 11.8 Å². The maximum atomic E-state index is 11.6. The van der Waals surface area contributed by atoms with Gasteiger partial charge < -0.3 is 9.67 Å². The minimum atomic E-state index is -0.671. The highest BCUT2D eigenvalue weighted by molar-refractivity contribution is 5.77. The SMILES string of the molecule is CCCn1c(C2CCCCC2C(=O)O)nc2ccccc21. The fourth-order valence-corrected chi connectivity index (χ4v) is 3.57. The van der Waals surface area contributed by atoms with Gasteiger partial charge in [-0.15, -0.1) is 0 Å². The first-order chi connectivity index (χ1) is 10.2. The summed E-state index contributed by atoms with van der Waals surface area (Å²) in [6, 6.07) is 8.12. The monoisotopic (exact) mass is 286 g/mol. The van der Waals surface area contributed by atoms with Crippen molar-refractivity contribution in [2.45, 2.75) is 51.5 Å². The zero-order chi connectivity index (χ0) is 14.8. The minimum absolute atomic E-state index is 0.0511. The van der Waals surface area contributed by atoms with E-state index in [0.717, 1.165) is 55.5 Å². The first kappa shape index (κ1) is 14.1. The molecule has 1 N–H and O–H groups in total. The summed E-state index contributed by atoms with van der Waals surface area (Å²) in [6.07, 6.45) is 4.85. The van der Waals surface area contributed by atoms with Gasteiger partial charge in [-0.05, 0) is 31.4 Å². The van der Waals surface area contributed by atoms with Crippen molar-refractivity contribution in [1.82, 2.24) is 9.55 Å². The van der Waals surface area contributed by atoms with Gasteiger partial charge in [0, 0.05) is 12.5 Å². The predicted octanol–water partition coefficient (Wildman–Crippen LogP) is 3.80. The number of rotatable bonds is 4. The lowest BCUT2D eigenvalue weighted by Gasteiger charge is -2.28. The molecule has 1 fully saturated rings. The lowest BCUT2D eigenvalue weighted by atomic mass is 9.78. The van der Waals surface area contributed by atoms with Gasteiger partial charge in [-0.1, -0.05) is 31.9 Å². The number of benzene rings is 1. The maximum absolute atomic E-state index is 11.6. The van der Waals surface area contributed by atoms with Crippen molar-refractivity contribution in [3.8, 4) is 0 Å². The second-order valence-corrected chi connectivity index (χ2v) is 5.95. The van der Waals surface area contributed by atoms with E-state index < -0.39 is 5.97 Å². The van der Waals surface area contributed by atoms with Crippen molar-refractivity contribution in [3.63, 3.8) is 0 Å². The Balaban J connectivity index is 2.09. The summed E-state index contributed by atoms with van der Waals surface area (Å²) in [4.78, 5) is 16.4. The van der Waals surface area contributed by atoms with Gasteiger partial charge in [-0.2, -0.15) is 0 Å². The fourth-order valence-electron chi connectivity index (χ4n) is 3.57. The standard InChI is InChI=1S/C17H22N2O2/c1-2-11-19-15-10-6-5-9-14(15)18-16(19)12-7-3-4-8-13(12)17(20)21/h5-6,9-10,12-13H,2-4,7-8,11H2,1H3,(H,20,21). The molecule has 0 saturated heterocycles. The third-order valence-electron chi connectivity index (χ3n) is 4.55. The number of fused-ring (bicyclic) bond motifs is 1.